The average Bonchev–Trinajstić information content (AvgIpc) is 3.00. The van der Waals surface area contributed by atoms with Gasteiger partial charge in [-0.05, 0) is 72.3 Å². The molecule has 4 rings (SSSR count). The number of aromatic hydroxyl groups is 2. The zero-order valence-electron chi connectivity index (χ0n) is 13.4. The molecule has 0 unspecified atom stereocenters. The molecule has 3 nitrogen and oxygen atoms in total. The van der Waals surface area contributed by atoms with Crippen LogP contribution in [0, 0.1) is 0 Å². The molecule has 1 aromatic heterocycles. The summed E-state index contributed by atoms with van der Waals surface area (Å²) in [5.41, 5.74) is 1.96. The first-order chi connectivity index (χ1) is 12.5. The van der Waals surface area contributed by atoms with E-state index in [9.17, 15) is 15.0 Å². The first-order valence-electron chi connectivity index (χ1n) is 7.88. The number of phenols is 2. The second-order valence-corrected chi connectivity index (χ2v) is 7.36. The number of fused-ring (bicyclic) bond motifs is 1. The molecule has 0 radical (unpaired) electrons. The van der Waals surface area contributed by atoms with Gasteiger partial charge in [0.15, 0.2) is 5.78 Å². The maximum Gasteiger partial charge on any atom is 0.195 e. The highest BCUT2D eigenvalue weighted by Crippen LogP contribution is 2.41. The molecule has 0 bridgehead atoms. The number of carbonyl (C=O) groups is 1. The van der Waals surface area contributed by atoms with Gasteiger partial charge in [0.2, 0.25) is 0 Å². The van der Waals surface area contributed by atoms with Gasteiger partial charge >= 0.3 is 0 Å². The average molecular weight is 381 g/mol. The van der Waals surface area contributed by atoms with Crippen molar-refractivity contribution in [3.63, 3.8) is 0 Å². The predicted octanol–water partition coefficient (Wildman–Crippen LogP) is 5.86. The summed E-state index contributed by atoms with van der Waals surface area (Å²) in [4.78, 5) is 14.0. The Morgan fingerprint density at radius 2 is 1.50 bits per heavy atom. The highest BCUT2D eigenvalue weighted by molar-refractivity contribution is 7.22. The number of halogens is 1. The van der Waals surface area contributed by atoms with E-state index in [-0.39, 0.29) is 17.3 Å². The summed E-state index contributed by atoms with van der Waals surface area (Å²) in [6.07, 6.45) is 0. The van der Waals surface area contributed by atoms with E-state index in [1.165, 1.54) is 11.3 Å². The Morgan fingerprint density at radius 3 is 2.19 bits per heavy atom. The molecular formula is C21H13ClO3S. The van der Waals surface area contributed by atoms with E-state index in [4.69, 9.17) is 11.6 Å². The minimum Gasteiger partial charge on any atom is -0.508 e. The Morgan fingerprint density at radius 1 is 0.846 bits per heavy atom. The van der Waals surface area contributed by atoms with Gasteiger partial charge in [-0.3, -0.25) is 4.79 Å². The van der Waals surface area contributed by atoms with E-state index >= 15 is 0 Å². The summed E-state index contributed by atoms with van der Waals surface area (Å²) in [5, 5.41) is 20.7. The summed E-state index contributed by atoms with van der Waals surface area (Å²) in [7, 11) is 0. The quantitative estimate of drug-likeness (QED) is 0.437. The number of carbonyl (C=O) groups excluding carboxylic acids is 1. The summed E-state index contributed by atoms with van der Waals surface area (Å²) in [6.45, 7) is 0. The molecule has 0 aliphatic heterocycles. The van der Waals surface area contributed by atoms with Crippen molar-refractivity contribution in [2.24, 2.45) is 0 Å². The third kappa shape index (κ3) is 2.94. The number of hydrogen-bond donors (Lipinski definition) is 2. The third-order valence-electron chi connectivity index (χ3n) is 4.14. The van der Waals surface area contributed by atoms with Crippen molar-refractivity contribution in [1.29, 1.82) is 0 Å². The van der Waals surface area contributed by atoms with Crippen molar-refractivity contribution >= 4 is 38.8 Å². The van der Waals surface area contributed by atoms with Gasteiger partial charge in [-0.1, -0.05) is 11.6 Å². The number of hydrogen-bond acceptors (Lipinski definition) is 4. The highest BCUT2D eigenvalue weighted by Gasteiger charge is 2.21. The Bertz CT molecular complexity index is 1110. The standard InChI is InChI=1S/C21H13ClO3S/c22-14-5-1-12(2-6-14)20(25)19-17-10-9-16(24)11-18(17)26-21(19)13-3-7-15(23)8-4-13/h1-11,23-24H. The van der Waals surface area contributed by atoms with Crippen LogP contribution in [-0.2, 0) is 0 Å². The van der Waals surface area contributed by atoms with Crippen LogP contribution in [0.1, 0.15) is 15.9 Å². The summed E-state index contributed by atoms with van der Waals surface area (Å²) < 4.78 is 0.824. The lowest BCUT2D eigenvalue weighted by Gasteiger charge is -2.06. The topological polar surface area (TPSA) is 57.5 Å². The van der Waals surface area contributed by atoms with Crippen LogP contribution in [0.15, 0.2) is 66.7 Å². The van der Waals surface area contributed by atoms with Crippen LogP contribution in [0.5, 0.6) is 11.5 Å². The molecule has 0 spiro atoms. The third-order valence-corrected chi connectivity index (χ3v) is 5.59. The van der Waals surface area contributed by atoms with Gasteiger partial charge in [0.05, 0.1) is 0 Å². The summed E-state index contributed by atoms with van der Waals surface area (Å²) in [5.74, 6) is 0.210. The van der Waals surface area contributed by atoms with Crippen LogP contribution in [-0.4, -0.2) is 16.0 Å². The van der Waals surface area contributed by atoms with Crippen molar-refractivity contribution in [3.05, 3.63) is 82.9 Å². The molecule has 1 heterocycles. The SMILES string of the molecule is O=C(c1ccc(Cl)cc1)c1c(-c2ccc(O)cc2)sc2cc(O)ccc12. The lowest BCUT2D eigenvalue weighted by Crippen LogP contribution is -2.01. The maximum atomic E-state index is 13.2. The van der Waals surface area contributed by atoms with Crippen LogP contribution < -0.4 is 0 Å². The van der Waals surface area contributed by atoms with Gasteiger partial charge in [-0.2, -0.15) is 0 Å². The molecule has 0 atom stereocenters. The van der Waals surface area contributed by atoms with Crippen molar-refractivity contribution in [2.75, 3.05) is 0 Å². The zero-order valence-corrected chi connectivity index (χ0v) is 15.0. The molecule has 2 N–H and O–H groups in total. The normalized spacial score (nSPS) is 11.0. The highest BCUT2D eigenvalue weighted by atomic mass is 35.5. The second-order valence-electron chi connectivity index (χ2n) is 5.87. The number of benzene rings is 3. The van der Waals surface area contributed by atoms with Gasteiger partial charge in [0.1, 0.15) is 11.5 Å². The van der Waals surface area contributed by atoms with E-state index in [2.05, 4.69) is 0 Å². The number of thiophene rings is 1. The first-order valence-corrected chi connectivity index (χ1v) is 9.07. The van der Waals surface area contributed by atoms with E-state index < -0.39 is 0 Å². The molecule has 0 aliphatic rings. The molecule has 0 aliphatic carbocycles. The number of phenolic OH excluding ortho intramolecular Hbond substituents is 2. The van der Waals surface area contributed by atoms with E-state index in [0.717, 1.165) is 20.5 Å². The molecule has 0 amide bonds. The van der Waals surface area contributed by atoms with Crippen LogP contribution in [0.2, 0.25) is 5.02 Å². The summed E-state index contributed by atoms with van der Waals surface area (Å²) in [6, 6.07) is 18.5. The fourth-order valence-corrected chi connectivity index (χ4v) is 4.24. The molecular weight excluding hydrogens is 368 g/mol. The number of ketones is 1. The second kappa shape index (κ2) is 6.48. The Balaban J connectivity index is 1.96. The molecule has 26 heavy (non-hydrogen) atoms. The van der Waals surface area contributed by atoms with Crippen LogP contribution >= 0.6 is 22.9 Å². The monoisotopic (exact) mass is 380 g/mol. The van der Waals surface area contributed by atoms with Gasteiger partial charge in [-0.25, -0.2) is 0 Å². The lowest BCUT2D eigenvalue weighted by molar-refractivity contribution is 0.104. The first kappa shape index (κ1) is 16.6. The largest absolute Gasteiger partial charge is 0.508 e. The molecule has 3 aromatic carbocycles. The Labute approximate surface area is 158 Å². The van der Waals surface area contributed by atoms with E-state index in [1.807, 2.05) is 0 Å². The van der Waals surface area contributed by atoms with Crippen LogP contribution in [0.25, 0.3) is 20.5 Å². The molecule has 128 valence electrons. The Kier molecular flexibility index (Phi) is 4.15. The van der Waals surface area contributed by atoms with Crippen LogP contribution in [0.3, 0.4) is 0 Å². The fraction of sp³-hybridized carbons (Fsp3) is 0. The maximum absolute atomic E-state index is 13.2. The van der Waals surface area contributed by atoms with Crippen molar-refractivity contribution < 1.29 is 15.0 Å². The van der Waals surface area contributed by atoms with E-state index in [1.54, 1.807) is 66.7 Å². The van der Waals surface area contributed by atoms with Gasteiger partial charge in [-0.15, -0.1) is 11.3 Å². The Hall–Kier alpha value is -2.82. The number of rotatable bonds is 3. The molecule has 0 saturated heterocycles. The van der Waals surface area contributed by atoms with Gasteiger partial charge in [0, 0.05) is 31.1 Å². The van der Waals surface area contributed by atoms with Crippen molar-refractivity contribution in [1.82, 2.24) is 0 Å². The minimum atomic E-state index is -0.110. The summed E-state index contributed by atoms with van der Waals surface area (Å²) >= 11 is 7.37. The molecule has 5 heteroatoms. The predicted molar refractivity (Wildman–Crippen MR) is 105 cm³/mol. The smallest absolute Gasteiger partial charge is 0.195 e. The molecule has 0 saturated carbocycles. The minimum absolute atomic E-state index is 0.110. The molecule has 4 aromatic rings. The zero-order chi connectivity index (χ0) is 18.3. The lowest BCUT2D eigenvalue weighted by atomic mass is 9.97. The van der Waals surface area contributed by atoms with Crippen molar-refractivity contribution in [2.45, 2.75) is 0 Å². The van der Waals surface area contributed by atoms with Crippen molar-refractivity contribution in [3.8, 4) is 21.9 Å². The van der Waals surface area contributed by atoms with Gasteiger partial charge in [0.25, 0.3) is 0 Å². The fourth-order valence-electron chi connectivity index (χ4n) is 2.87. The molecule has 0 fully saturated rings. The van der Waals surface area contributed by atoms with E-state index in [0.29, 0.717) is 16.1 Å². The van der Waals surface area contributed by atoms with Gasteiger partial charge < -0.3 is 10.2 Å². The van der Waals surface area contributed by atoms with Crippen LogP contribution in [0.4, 0.5) is 0 Å².